The molecule has 8 nitrogen and oxygen atoms in total. The van der Waals surface area contributed by atoms with Crippen LogP contribution in [0, 0.1) is 0 Å². The fraction of sp³-hybridized carbons (Fsp3) is 0.111. The number of aryl methyl sites for hydroxylation is 1. The van der Waals surface area contributed by atoms with Gasteiger partial charge in [0, 0.05) is 17.6 Å². The Morgan fingerprint density at radius 2 is 1.82 bits per heavy atom. The van der Waals surface area contributed by atoms with Crippen LogP contribution in [0.3, 0.4) is 0 Å². The molecule has 0 saturated heterocycles. The third kappa shape index (κ3) is 3.90. The Kier molecular flexibility index (Phi) is 5.48. The summed E-state index contributed by atoms with van der Waals surface area (Å²) in [7, 11) is 1.68. The van der Waals surface area contributed by atoms with Crippen molar-refractivity contribution >= 4 is 40.5 Å². The van der Waals surface area contributed by atoms with Crippen LogP contribution >= 0.6 is 22.9 Å². The Hall–Kier alpha value is -3.17. The first-order valence-corrected chi connectivity index (χ1v) is 9.17. The molecule has 0 bridgehead atoms. The number of carbonyl (C=O) groups excluding carboxylic acids is 1. The van der Waals surface area contributed by atoms with Crippen molar-refractivity contribution in [1.82, 2.24) is 15.2 Å². The molecule has 0 atom stereocenters. The molecule has 0 saturated carbocycles. The van der Waals surface area contributed by atoms with Crippen LogP contribution in [0.5, 0.6) is 5.75 Å². The van der Waals surface area contributed by atoms with Crippen LogP contribution in [-0.2, 0) is 7.05 Å². The van der Waals surface area contributed by atoms with E-state index in [9.17, 15) is 14.7 Å². The van der Waals surface area contributed by atoms with E-state index >= 15 is 0 Å². The summed E-state index contributed by atoms with van der Waals surface area (Å²) in [6.07, 6.45) is 0. The van der Waals surface area contributed by atoms with Crippen LogP contribution in [0.15, 0.2) is 41.5 Å². The van der Waals surface area contributed by atoms with Crippen molar-refractivity contribution in [2.24, 2.45) is 12.1 Å². The number of hydrogen-bond donors (Lipinski definition) is 3. The van der Waals surface area contributed by atoms with Gasteiger partial charge >= 0.3 is 5.97 Å². The Morgan fingerprint density at radius 3 is 2.43 bits per heavy atom. The molecule has 3 rings (SSSR count). The average molecular weight is 419 g/mol. The second kappa shape index (κ2) is 7.83. The van der Waals surface area contributed by atoms with Crippen molar-refractivity contribution in [3.8, 4) is 17.0 Å². The number of aromatic hydroxyl groups is 1. The number of aromatic carboxylic acids is 1. The lowest BCUT2D eigenvalue weighted by atomic mass is 10.1. The Bertz CT molecular complexity index is 1090. The molecule has 0 spiro atoms. The maximum absolute atomic E-state index is 12.1. The molecule has 2 heterocycles. The number of hydrazone groups is 1. The Balaban J connectivity index is 1.83. The number of amides is 1. The van der Waals surface area contributed by atoms with Crippen LogP contribution in [-0.4, -0.2) is 37.6 Å². The standard InChI is InChI=1S/C18H15ClN4O4S/c1-9(20-21-17(25)12-7-8-13(28-12)18(26)27)14-16(24)15(23(2)22-14)10-3-5-11(19)6-4-10/h3-8,24H,1-2H3,(H,21,25)(H,26,27)/b20-9+. The molecule has 0 aliphatic carbocycles. The van der Waals surface area contributed by atoms with Crippen molar-refractivity contribution in [1.29, 1.82) is 0 Å². The Morgan fingerprint density at radius 1 is 1.18 bits per heavy atom. The van der Waals surface area contributed by atoms with E-state index in [0.717, 1.165) is 16.9 Å². The lowest BCUT2D eigenvalue weighted by Gasteiger charge is -2.03. The van der Waals surface area contributed by atoms with Crippen molar-refractivity contribution in [2.75, 3.05) is 0 Å². The van der Waals surface area contributed by atoms with E-state index < -0.39 is 11.9 Å². The molecular weight excluding hydrogens is 404 g/mol. The van der Waals surface area contributed by atoms with Gasteiger partial charge in [-0.3, -0.25) is 9.48 Å². The summed E-state index contributed by atoms with van der Waals surface area (Å²) in [5.41, 5.74) is 4.05. The van der Waals surface area contributed by atoms with Crippen molar-refractivity contribution in [3.05, 3.63) is 56.9 Å². The van der Waals surface area contributed by atoms with Gasteiger partial charge in [0.25, 0.3) is 5.91 Å². The second-order valence-corrected chi connectivity index (χ2v) is 7.30. The highest BCUT2D eigenvalue weighted by Crippen LogP contribution is 2.32. The van der Waals surface area contributed by atoms with Gasteiger partial charge in [-0.25, -0.2) is 10.2 Å². The van der Waals surface area contributed by atoms with Gasteiger partial charge < -0.3 is 10.2 Å². The molecule has 0 aliphatic heterocycles. The van der Waals surface area contributed by atoms with Gasteiger partial charge in [-0.2, -0.15) is 10.2 Å². The zero-order valence-corrected chi connectivity index (χ0v) is 16.4. The van der Waals surface area contributed by atoms with Crippen LogP contribution in [0.1, 0.15) is 32.0 Å². The van der Waals surface area contributed by atoms with E-state index in [-0.39, 0.29) is 26.9 Å². The van der Waals surface area contributed by atoms with E-state index in [1.165, 1.54) is 16.8 Å². The molecule has 3 N–H and O–H groups in total. The third-order valence-corrected chi connectivity index (χ3v) is 5.17. The summed E-state index contributed by atoms with van der Waals surface area (Å²) in [4.78, 5) is 23.3. The number of benzene rings is 1. The minimum atomic E-state index is -1.10. The maximum atomic E-state index is 12.1. The van der Waals surface area contributed by atoms with Crippen LogP contribution in [0.4, 0.5) is 0 Å². The van der Waals surface area contributed by atoms with Gasteiger partial charge in [-0.1, -0.05) is 23.7 Å². The number of thiophene rings is 1. The summed E-state index contributed by atoms with van der Waals surface area (Å²) < 4.78 is 1.51. The summed E-state index contributed by atoms with van der Waals surface area (Å²) in [5, 5.41) is 28.3. The molecule has 0 radical (unpaired) electrons. The zero-order valence-electron chi connectivity index (χ0n) is 14.8. The molecule has 10 heteroatoms. The third-order valence-electron chi connectivity index (χ3n) is 3.85. The SMILES string of the molecule is C/C(=N\NC(=O)c1ccc(C(=O)O)s1)c1nn(C)c(-c2ccc(Cl)cc2)c1O. The highest BCUT2D eigenvalue weighted by Gasteiger charge is 2.19. The van der Waals surface area contributed by atoms with E-state index in [1.54, 1.807) is 38.2 Å². The van der Waals surface area contributed by atoms with Crippen LogP contribution < -0.4 is 5.43 Å². The summed E-state index contributed by atoms with van der Waals surface area (Å²) >= 11 is 6.74. The zero-order chi connectivity index (χ0) is 20.4. The Labute approximate surface area is 168 Å². The maximum Gasteiger partial charge on any atom is 0.345 e. The van der Waals surface area contributed by atoms with Crippen molar-refractivity contribution in [3.63, 3.8) is 0 Å². The number of nitrogens with one attached hydrogen (secondary N) is 1. The predicted molar refractivity (Wildman–Crippen MR) is 106 cm³/mol. The number of carbonyl (C=O) groups is 2. The molecule has 1 aromatic carbocycles. The van der Waals surface area contributed by atoms with Gasteiger partial charge in [0.1, 0.15) is 10.6 Å². The van der Waals surface area contributed by atoms with E-state index in [0.29, 0.717) is 10.7 Å². The summed E-state index contributed by atoms with van der Waals surface area (Å²) in [6, 6.07) is 9.68. The summed E-state index contributed by atoms with van der Waals surface area (Å²) in [5.74, 6) is -1.73. The lowest BCUT2D eigenvalue weighted by Crippen LogP contribution is -2.18. The molecule has 144 valence electrons. The largest absolute Gasteiger partial charge is 0.504 e. The molecule has 28 heavy (non-hydrogen) atoms. The van der Waals surface area contributed by atoms with Crippen LogP contribution in [0.2, 0.25) is 5.02 Å². The number of rotatable bonds is 5. The first kappa shape index (κ1) is 19.6. The monoisotopic (exact) mass is 418 g/mol. The van der Waals surface area contributed by atoms with Crippen molar-refractivity contribution in [2.45, 2.75) is 6.92 Å². The smallest absolute Gasteiger partial charge is 0.345 e. The molecule has 0 aliphatic rings. The number of hydrogen-bond acceptors (Lipinski definition) is 6. The quantitative estimate of drug-likeness (QED) is 0.434. The molecule has 1 amide bonds. The van der Waals surface area contributed by atoms with E-state index in [4.69, 9.17) is 16.7 Å². The number of carboxylic acid groups (broad SMARTS) is 1. The molecule has 0 unspecified atom stereocenters. The summed E-state index contributed by atoms with van der Waals surface area (Å²) in [6.45, 7) is 1.59. The first-order valence-electron chi connectivity index (χ1n) is 7.98. The van der Waals surface area contributed by atoms with Gasteiger partial charge in [0.2, 0.25) is 0 Å². The molecule has 0 fully saturated rings. The topological polar surface area (TPSA) is 117 Å². The fourth-order valence-electron chi connectivity index (χ4n) is 2.51. The average Bonchev–Trinajstić information content (AvgIpc) is 3.26. The fourth-order valence-corrected chi connectivity index (χ4v) is 3.37. The van der Waals surface area contributed by atoms with Gasteiger partial charge in [0.15, 0.2) is 11.4 Å². The van der Waals surface area contributed by atoms with Crippen LogP contribution in [0.25, 0.3) is 11.3 Å². The highest BCUT2D eigenvalue weighted by atomic mass is 35.5. The number of aromatic nitrogens is 2. The highest BCUT2D eigenvalue weighted by molar-refractivity contribution is 7.15. The van der Waals surface area contributed by atoms with Gasteiger partial charge in [-0.15, -0.1) is 11.3 Å². The first-order chi connectivity index (χ1) is 13.3. The minimum Gasteiger partial charge on any atom is -0.504 e. The number of halogens is 1. The molecular formula is C18H15ClN4O4S. The van der Waals surface area contributed by atoms with Gasteiger partial charge in [-0.05, 0) is 31.2 Å². The van der Waals surface area contributed by atoms with E-state index in [2.05, 4.69) is 15.6 Å². The lowest BCUT2D eigenvalue weighted by molar-refractivity contribution is 0.0702. The number of nitrogens with zero attached hydrogens (tertiary/aromatic N) is 3. The molecule has 2 aromatic heterocycles. The van der Waals surface area contributed by atoms with Gasteiger partial charge in [0.05, 0.1) is 10.6 Å². The molecule has 3 aromatic rings. The minimum absolute atomic E-state index is 0.0563. The number of carboxylic acids is 1. The normalized spacial score (nSPS) is 11.5. The second-order valence-electron chi connectivity index (χ2n) is 5.78. The predicted octanol–water partition coefficient (Wildman–Crippen LogP) is 3.36. The van der Waals surface area contributed by atoms with Crippen molar-refractivity contribution < 1.29 is 19.8 Å². The van der Waals surface area contributed by atoms with E-state index in [1.807, 2.05) is 0 Å².